The predicted octanol–water partition coefficient (Wildman–Crippen LogP) is 5.48. The Hall–Kier alpha value is -3.16. The van der Waals surface area contributed by atoms with Crippen LogP contribution in [0.4, 0.5) is 5.69 Å². The number of hydrogen-bond donors (Lipinski definition) is 1. The number of aromatic nitrogens is 1. The molecule has 188 valence electrons. The van der Waals surface area contributed by atoms with Gasteiger partial charge in [-0.2, -0.15) is 0 Å². The van der Waals surface area contributed by atoms with Crippen molar-refractivity contribution in [3.05, 3.63) is 71.6 Å². The van der Waals surface area contributed by atoms with Crippen LogP contribution >= 0.6 is 0 Å². The van der Waals surface area contributed by atoms with Gasteiger partial charge < -0.3 is 13.9 Å². The smallest absolute Gasteiger partial charge is 0.277 e. The third-order valence-electron chi connectivity index (χ3n) is 7.93. The monoisotopic (exact) mass is 501 g/mol. The van der Waals surface area contributed by atoms with Gasteiger partial charge in [0.2, 0.25) is 0 Å². The van der Waals surface area contributed by atoms with Crippen LogP contribution in [-0.2, 0) is 26.9 Å². The van der Waals surface area contributed by atoms with Gasteiger partial charge in [-0.25, -0.2) is 0 Å². The first kappa shape index (κ1) is 24.5. The van der Waals surface area contributed by atoms with E-state index in [0.717, 1.165) is 41.4 Å². The van der Waals surface area contributed by atoms with Gasteiger partial charge in [-0.05, 0) is 60.7 Å². The Balaban J connectivity index is 1.49. The van der Waals surface area contributed by atoms with Gasteiger partial charge in [-0.1, -0.05) is 57.2 Å². The molecule has 2 amide bonds. The van der Waals surface area contributed by atoms with Crippen LogP contribution in [0.2, 0.25) is 18.1 Å². The summed E-state index contributed by atoms with van der Waals surface area (Å²) in [6.45, 7) is 12.7. The molecule has 0 aliphatic carbocycles. The molecule has 2 aliphatic rings. The molecule has 7 heteroatoms. The molecule has 0 radical (unpaired) electrons. The fraction of sp³-hybridized carbons (Fsp3) is 0.379. The molecule has 0 spiro atoms. The summed E-state index contributed by atoms with van der Waals surface area (Å²) < 4.78 is 8.30. The maximum absolute atomic E-state index is 13.1. The first-order valence-corrected chi connectivity index (χ1v) is 15.7. The van der Waals surface area contributed by atoms with E-state index in [1.54, 1.807) is 0 Å². The maximum Gasteiger partial charge on any atom is 0.277 e. The molecule has 1 N–H and O–H groups in total. The first-order valence-electron chi connectivity index (χ1n) is 12.8. The number of carbonyl (C=O) groups is 2. The largest absolute Gasteiger partial charge is 0.417 e. The van der Waals surface area contributed by atoms with Gasteiger partial charge in [-0.15, -0.1) is 0 Å². The van der Waals surface area contributed by atoms with E-state index in [4.69, 9.17) is 4.43 Å². The predicted molar refractivity (Wildman–Crippen MR) is 147 cm³/mol. The van der Waals surface area contributed by atoms with Crippen molar-refractivity contribution in [1.82, 2.24) is 9.88 Å². The molecule has 0 saturated heterocycles. The second-order valence-corrected chi connectivity index (χ2v) is 16.1. The maximum atomic E-state index is 13.1. The zero-order valence-electron chi connectivity index (χ0n) is 21.9. The fourth-order valence-corrected chi connectivity index (χ4v) is 6.01. The van der Waals surface area contributed by atoms with Crippen molar-refractivity contribution in [2.45, 2.75) is 58.2 Å². The summed E-state index contributed by atoms with van der Waals surface area (Å²) in [7, 11) is -1.79. The van der Waals surface area contributed by atoms with E-state index in [1.807, 2.05) is 52.1 Å². The standard InChI is InChI=1S/C29H35N3O3Si/c1-29(2,3)36(4,5)35-18-10-12-21-19-32(24-15-9-7-13-22(21)24)26-25(27(33)30-28(26)34)31-17-16-20-11-6-8-14-23(20)31/h6-9,11,13-15,19H,10,12,16-18H2,1-5H3,(H,30,33,34). The van der Waals surface area contributed by atoms with Crippen molar-refractivity contribution in [2.75, 3.05) is 18.1 Å². The number of nitrogens with zero attached hydrogens (tertiary/aromatic N) is 2. The normalized spacial score (nSPS) is 16.3. The Morgan fingerprint density at radius 3 is 2.44 bits per heavy atom. The Morgan fingerprint density at radius 2 is 1.67 bits per heavy atom. The van der Waals surface area contributed by atoms with Crippen LogP contribution in [0.25, 0.3) is 16.6 Å². The molecule has 36 heavy (non-hydrogen) atoms. The molecule has 0 atom stereocenters. The number of fused-ring (bicyclic) bond motifs is 2. The minimum Gasteiger partial charge on any atom is -0.417 e. The highest BCUT2D eigenvalue weighted by Crippen LogP contribution is 2.38. The van der Waals surface area contributed by atoms with Crippen LogP contribution < -0.4 is 10.2 Å². The van der Waals surface area contributed by atoms with Crippen molar-refractivity contribution < 1.29 is 14.0 Å². The van der Waals surface area contributed by atoms with E-state index in [-0.39, 0.29) is 16.9 Å². The molecule has 0 saturated carbocycles. The highest BCUT2D eigenvalue weighted by Gasteiger charge is 2.39. The molecule has 0 fully saturated rings. The zero-order valence-corrected chi connectivity index (χ0v) is 22.9. The van der Waals surface area contributed by atoms with Crippen molar-refractivity contribution >= 4 is 42.4 Å². The van der Waals surface area contributed by atoms with E-state index in [0.29, 0.717) is 24.5 Å². The molecule has 6 nitrogen and oxygen atoms in total. The Kier molecular flexibility index (Phi) is 6.17. The summed E-state index contributed by atoms with van der Waals surface area (Å²) in [5, 5.41) is 3.84. The van der Waals surface area contributed by atoms with E-state index in [2.05, 4.69) is 51.3 Å². The number of para-hydroxylation sites is 2. The molecular formula is C29H35N3O3Si. The Labute approximate surface area is 214 Å². The van der Waals surface area contributed by atoms with Crippen LogP contribution in [0.3, 0.4) is 0 Å². The molecule has 1 aromatic heterocycles. The van der Waals surface area contributed by atoms with Gasteiger partial charge in [0.25, 0.3) is 11.8 Å². The lowest BCUT2D eigenvalue weighted by Gasteiger charge is -2.36. The number of imide groups is 1. The lowest BCUT2D eigenvalue weighted by molar-refractivity contribution is -0.123. The molecule has 5 rings (SSSR count). The van der Waals surface area contributed by atoms with Crippen LogP contribution in [0.15, 0.2) is 60.4 Å². The van der Waals surface area contributed by atoms with Gasteiger partial charge in [0, 0.05) is 30.4 Å². The SMILES string of the molecule is CC(C)(C)[Si](C)(C)OCCCc1cn(C2=C(N3CCc4ccccc43)C(=O)NC2=O)c2ccccc12. The van der Waals surface area contributed by atoms with Gasteiger partial charge in [0.15, 0.2) is 8.32 Å². The third kappa shape index (κ3) is 4.20. The fourth-order valence-electron chi connectivity index (χ4n) is 4.92. The second kappa shape index (κ2) is 9.05. The van der Waals surface area contributed by atoms with Crippen molar-refractivity contribution in [3.8, 4) is 0 Å². The van der Waals surface area contributed by atoms with Crippen LogP contribution in [-0.4, -0.2) is 37.9 Å². The van der Waals surface area contributed by atoms with Crippen molar-refractivity contribution in [3.63, 3.8) is 0 Å². The number of rotatable bonds is 7. The number of amides is 2. The van der Waals surface area contributed by atoms with Gasteiger partial charge in [-0.3, -0.25) is 14.9 Å². The van der Waals surface area contributed by atoms with Crippen molar-refractivity contribution in [1.29, 1.82) is 0 Å². The summed E-state index contributed by atoms with van der Waals surface area (Å²) in [5.41, 5.74) is 5.11. The van der Waals surface area contributed by atoms with Crippen LogP contribution in [0, 0.1) is 0 Å². The van der Waals surface area contributed by atoms with E-state index in [9.17, 15) is 9.59 Å². The number of nitrogens with one attached hydrogen (secondary N) is 1. The zero-order chi connectivity index (χ0) is 25.7. The minimum atomic E-state index is -1.79. The molecule has 2 aliphatic heterocycles. The van der Waals surface area contributed by atoms with Gasteiger partial charge in [0.05, 0.1) is 5.52 Å². The average molecular weight is 502 g/mol. The molecular weight excluding hydrogens is 466 g/mol. The minimum absolute atomic E-state index is 0.183. The summed E-state index contributed by atoms with van der Waals surface area (Å²) in [4.78, 5) is 28.2. The Morgan fingerprint density at radius 1 is 0.972 bits per heavy atom. The summed E-state index contributed by atoms with van der Waals surface area (Å²) in [6, 6.07) is 16.2. The number of benzene rings is 2. The highest BCUT2D eigenvalue weighted by atomic mass is 28.4. The lowest BCUT2D eigenvalue weighted by Crippen LogP contribution is -2.41. The quantitative estimate of drug-likeness (QED) is 0.264. The summed E-state index contributed by atoms with van der Waals surface area (Å²) in [6.07, 6.45) is 4.62. The average Bonchev–Trinajstić information content (AvgIpc) is 3.49. The topological polar surface area (TPSA) is 63.6 Å². The number of anilines is 1. The first-order chi connectivity index (χ1) is 17.1. The summed E-state index contributed by atoms with van der Waals surface area (Å²) in [5.74, 6) is -0.693. The van der Waals surface area contributed by atoms with E-state index < -0.39 is 8.32 Å². The van der Waals surface area contributed by atoms with E-state index in [1.165, 1.54) is 5.56 Å². The second-order valence-electron chi connectivity index (χ2n) is 11.3. The van der Waals surface area contributed by atoms with Gasteiger partial charge in [0.1, 0.15) is 11.4 Å². The molecule has 3 aromatic rings. The van der Waals surface area contributed by atoms with Crippen LogP contribution in [0.5, 0.6) is 0 Å². The van der Waals surface area contributed by atoms with Gasteiger partial charge >= 0.3 is 0 Å². The molecule has 2 aromatic carbocycles. The molecule has 0 unspecified atom stereocenters. The van der Waals surface area contributed by atoms with Crippen LogP contribution in [0.1, 0.15) is 38.3 Å². The molecule has 3 heterocycles. The molecule has 0 bridgehead atoms. The number of aryl methyl sites for hydroxylation is 1. The van der Waals surface area contributed by atoms with E-state index >= 15 is 0 Å². The number of carbonyl (C=O) groups excluding carboxylic acids is 2. The Bertz CT molecular complexity index is 1380. The van der Waals surface area contributed by atoms with Crippen molar-refractivity contribution in [2.24, 2.45) is 0 Å². The summed E-state index contributed by atoms with van der Waals surface area (Å²) >= 11 is 0. The third-order valence-corrected chi connectivity index (χ3v) is 12.5. The highest BCUT2D eigenvalue weighted by molar-refractivity contribution is 6.74. The number of hydrogen-bond acceptors (Lipinski definition) is 4. The lowest BCUT2D eigenvalue weighted by atomic mass is 10.1.